The van der Waals surface area contributed by atoms with Crippen LogP contribution in [0, 0.1) is 0 Å². The number of ether oxygens (including phenoxy) is 1. The number of hydrogen-bond acceptors (Lipinski definition) is 4. The van der Waals surface area contributed by atoms with Crippen LogP contribution in [0.3, 0.4) is 0 Å². The van der Waals surface area contributed by atoms with Gasteiger partial charge >= 0.3 is 0 Å². The predicted octanol–water partition coefficient (Wildman–Crippen LogP) is 2.53. The Morgan fingerprint density at radius 3 is 2.88 bits per heavy atom. The van der Waals surface area contributed by atoms with E-state index in [4.69, 9.17) is 16.3 Å². The van der Waals surface area contributed by atoms with Crippen LogP contribution in [0.2, 0.25) is 5.02 Å². The van der Waals surface area contributed by atoms with Crippen LogP contribution in [-0.2, 0) is 7.05 Å². The lowest BCUT2D eigenvalue weighted by Crippen LogP contribution is -2.56. The normalized spacial score (nSPS) is 14.7. The first kappa shape index (κ1) is 15.0. The van der Waals surface area contributed by atoms with Gasteiger partial charge in [0.1, 0.15) is 17.4 Å². The van der Waals surface area contributed by atoms with E-state index >= 15 is 0 Å². The average Bonchev–Trinajstić information content (AvgIpc) is 2.92. The van der Waals surface area contributed by atoms with Gasteiger partial charge in [-0.05, 0) is 18.2 Å². The smallest absolute Gasteiger partial charge is 0.255 e. The molecule has 0 N–H and O–H groups in total. The minimum Gasteiger partial charge on any atom is -0.485 e. The molecule has 0 unspecified atom stereocenters. The zero-order valence-electron chi connectivity index (χ0n) is 13.0. The van der Waals surface area contributed by atoms with Gasteiger partial charge in [-0.2, -0.15) is 0 Å². The molecule has 0 saturated carbocycles. The van der Waals surface area contributed by atoms with E-state index in [1.54, 1.807) is 29.6 Å². The lowest BCUT2D eigenvalue weighted by molar-refractivity contribution is 0.0178. The summed E-state index contributed by atoms with van der Waals surface area (Å²) >= 11 is 6.08. The van der Waals surface area contributed by atoms with Crippen LogP contribution >= 0.6 is 11.6 Å². The Hall–Kier alpha value is -2.60. The minimum atomic E-state index is -0.0611. The van der Waals surface area contributed by atoms with E-state index in [0.717, 1.165) is 5.65 Å². The number of carbonyl (C=O) groups excluding carboxylic acids is 1. The molecule has 1 aliphatic heterocycles. The maximum absolute atomic E-state index is 12.5. The summed E-state index contributed by atoms with van der Waals surface area (Å²) < 4.78 is 7.63. The van der Waals surface area contributed by atoms with Crippen molar-refractivity contribution < 1.29 is 9.53 Å². The second kappa shape index (κ2) is 5.79. The number of fused-ring (bicyclic) bond motifs is 1. The fraction of sp³-hybridized carbons (Fsp3) is 0.235. The molecule has 1 amide bonds. The molecule has 3 heterocycles. The first-order chi connectivity index (χ1) is 11.6. The number of benzene rings is 1. The van der Waals surface area contributed by atoms with Crippen molar-refractivity contribution in [1.29, 1.82) is 0 Å². The number of amides is 1. The molecular formula is C17H15ClN4O2. The summed E-state index contributed by atoms with van der Waals surface area (Å²) in [4.78, 5) is 22.8. The second-order valence-corrected chi connectivity index (χ2v) is 6.21. The molecule has 4 rings (SSSR count). The van der Waals surface area contributed by atoms with Crippen molar-refractivity contribution in [3.05, 3.63) is 53.4 Å². The molecule has 122 valence electrons. The Balaban J connectivity index is 1.42. The molecule has 0 spiro atoms. The summed E-state index contributed by atoms with van der Waals surface area (Å²) in [7, 11) is 1.87. The lowest BCUT2D eigenvalue weighted by Gasteiger charge is -2.39. The molecule has 1 aromatic carbocycles. The van der Waals surface area contributed by atoms with Crippen LogP contribution in [0.4, 0.5) is 0 Å². The molecule has 3 aromatic rings. The van der Waals surface area contributed by atoms with Crippen LogP contribution in [0.25, 0.3) is 11.2 Å². The van der Waals surface area contributed by atoms with Crippen LogP contribution < -0.4 is 4.74 Å². The summed E-state index contributed by atoms with van der Waals surface area (Å²) in [6.07, 6.45) is 3.23. The molecule has 1 saturated heterocycles. The standard InChI is InChI=1S/C17H15ClN4O2/c1-21-10-20-14-6-11(7-19-16(14)21)17(23)22-8-12(9-22)24-15-5-3-2-4-13(15)18/h2-7,10,12H,8-9H2,1H3. The molecule has 0 bridgehead atoms. The second-order valence-electron chi connectivity index (χ2n) is 5.80. The van der Waals surface area contributed by atoms with Crippen molar-refractivity contribution in [2.24, 2.45) is 7.05 Å². The maximum Gasteiger partial charge on any atom is 0.255 e. The van der Waals surface area contributed by atoms with Crippen LogP contribution in [-0.4, -0.2) is 44.5 Å². The van der Waals surface area contributed by atoms with Gasteiger partial charge < -0.3 is 14.2 Å². The zero-order chi connectivity index (χ0) is 16.7. The fourth-order valence-electron chi connectivity index (χ4n) is 2.71. The summed E-state index contributed by atoms with van der Waals surface area (Å²) in [6, 6.07) is 9.11. The summed E-state index contributed by atoms with van der Waals surface area (Å²) in [5.74, 6) is 0.585. The SMILES string of the molecule is Cn1cnc2cc(C(=O)N3CC(Oc4ccccc4Cl)C3)cnc21. The number of likely N-dealkylation sites (tertiary alicyclic amines) is 1. The number of hydrogen-bond donors (Lipinski definition) is 0. The van der Waals surface area contributed by atoms with Crippen molar-refractivity contribution >= 4 is 28.7 Å². The first-order valence-electron chi connectivity index (χ1n) is 7.59. The number of pyridine rings is 1. The van der Waals surface area contributed by atoms with Gasteiger partial charge in [0.05, 0.1) is 30.0 Å². The summed E-state index contributed by atoms with van der Waals surface area (Å²) in [5.41, 5.74) is 2.01. The third-order valence-electron chi connectivity index (χ3n) is 4.06. The number of para-hydroxylation sites is 1. The van der Waals surface area contributed by atoms with E-state index in [1.165, 1.54) is 0 Å². The molecule has 24 heavy (non-hydrogen) atoms. The number of rotatable bonds is 3. The quantitative estimate of drug-likeness (QED) is 0.734. The Labute approximate surface area is 143 Å². The molecule has 6 nitrogen and oxygen atoms in total. The van der Waals surface area contributed by atoms with Gasteiger partial charge in [-0.25, -0.2) is 9.97 Å². The van der Waals surface area contributed by atoms with E-state index in [2.05, 4.69) is 9.97 Å². The number of nitrogens with zero attached hydrogens (tertiary/aromatic N) is 4. The minimum absolute atomic E-state index is 0.0413. The molecule has 2 aromatic heterocycles. The molecule has 0 radical (unpaired) electrons. The highest BCUT2D eigenvalue weighted by Gasteiger charge is 2.33. The fourth-order valence-corrected chi connectivity index (χ4v) is 2.89. The van der Waals surface area contributed by atoms with Crippen molar-refractivity contribution in [2.45, 2.75) is 6.10 Å². The van der Waals surface area contributed by atoms with Crippen LogP contribution in [0.1, 0.15) is 10.4 Å². The Morgan fingerprint density at radius 2 is 2.08 bits per heavy atom. The van der Waals surface area contributed by atoms with Gasteiger partial charge in [-0.1, -0.05) is 23.7 Å². The van der Waals surface area contributed by atoms with Gasteiger partial charge in [-0.3, -0.25) is 4.79 Å². The van der Waals surface area contributed by atoms with E-state index in [-0.39, 0.29) is 12.0 Å². The summed E-state index contributed by atoms with van der Waals surface area (Å²) in [6.45, 7) is 1.06. The first-order valence-corrected chi connectivity index (χ1v) is 7.97. The highest BCUT2D eigenvalue weighted by atomic mass is 35.5. The Kier molecular flexibility index (Phi) is 3.61. The van der Waals surface area contributed by atoms with Crippen molar-refractivity contribution in [3.8, 4) is 5.75 Å². The largest absolute Gasteiger partial charge is 0.485 e. The monoisotopic (exact) mass is 342 g/mol. The lowest BCUT2D eigenvalue weighted by atomic mass is 10.1. The van der Waals surface area contributed by atoms with Gasteiger partial charge in [0.25, 0.3) is 5.91 Å². The van der Waals surface area contributed by atoms with Gasteiger partial charge in [-0.15, -0.1) is 0 Å². The summed E-state index contributed by atoms with van der Waals surface area (Å²) in [5, 5.41) is 0.576. The maximum atomic E-state index is 12.5. The van der Waals surface area contributed by atoms with E-state index < -0.39 is 0 Å². The molecule has 0 atom stereocenters. The molecule has 0 aliphatic carbocycles. The van der Waals surface area contributed by atoms with E-state index in [0.29, 0.717) is 34.9 Å². The number of halogens is 1. The van der Waals surface area contributed by atoms with Crippen molar-refractivity contribution in [2.75, 3.05) is 13.1 Å². The zero-order valence-corrected chi connectivity index (χ0v) is 13.8. The van der Waals surface area contributed by atoms with E-state index in [9.17, 15) is 4.79 Å². The van der Waals surface area contributed by atoms with Crippen molar-refractivity contribution in [1.82, 2.24) is 19.4 Å². The van der Waals surface area contributed by atoms with Crippen LogP contribution in [0.15, 0.2) is 42.9 Å². The molecule has 1 aliphatic rings. The van der Waals surface area contributed by atoms with Crippen LogP contribution in [0.5, 0.6) is 5.75 Å². The molecule has 7 heteroatoms. The average molecular weight is 343 g/mol. The number of aryl methyl sites for hydroxylation is 1. The molecule has 1 fully saturated rings. The van der Waals surface area contributed by atoms with Crippen molar-refractivity contribution in [3.63, 3.8) is 0 Å². The van der Waals surface area contributed by atoms with Gasteiger partial charge in [0.15, 0.2) is 5.65 Å². The number of carbonyl (C=O) groups is 1. The van der Waals surface area contributed by atoms with Gasteiger partial charge in [0.2, 0.25) is 0 Å². The third kappa shape index (κ3) is 2.59. The van der Waals surface area contributed by atoms with E-state index in [1.807, 2.05) is 29.8 Å². The Bertz CT molecular complexity index is 918. The number of imidazole rings is 1. The Morgan fingerprint density at radius 1 is 1.29 bits per heavy atom. The third-order valence-corrected chi connectivity index (χ3v) is 4.38. The van der Waals surface area contributed by atoms with Gasteiger partial charge in [0, 0.05) is 13.2 Å². The number of aromatic nitrogens is 3. The highest BCUT2D eigenvalue weighted by molar-refractivity contribution is 6.32. The predicted molar refractivity (Wildman–Crippen MR) is 90.3 cm³/mol. The highest BCUT2D eigenvalue weighted by Crippen LogP contribution is 2.27. The topological polar surface area (TPSA) is 60.2 Å². The molecular weight excluding hydrogens is 328 g/mol.